The Labute approximate surface area is 236 Å². The van der Waals surface area contributed by atoms with Crippen molar-refractivity contribution >= 4 is 16.7 Å². The molecule has 3 nitrogen and oxygen atoms in total. The fourth-order valence-electron chi connectivity index (χ4n) is 6.03. The average molecular weight is 527 g/mol. The largest absolute Gasteiger partial charge is 0.456 e. The summed E-state index contributed by atoms with van der Waals surface area (Å²) in [7, 11) is 0. The second-order valence-corrected chi connectivity index (χ2v) is 11.4. The first-order valence-electron chi connectivity index (χ1n) is 14.0. The summed E-state index contributed by atoms with van der Waals surface area (Å²) in [6.45, 7) is 11.1. The molecule has 3 heteroatoms. The molecule has 1 spiro atoms. The van der Waals surface area contributed by atoms with Crippen molar-refractivity contribution in [3.8, 4) is 11.5 Å². The Balaban J connectivity index is 0.000000204. The van der Waals surface area contributed by atoms with Gasteiger partial charge in [0.05, 0.1) is 5.56 Å². The molecule has 40 heavy (non-hydrogen) atoms. The number of benzene rings is 5. The van der Waals surface area contributed by atoms with Crippen molar-refractivity contribution < 1.29 is 14.3 Å². The van der Waals surface area contributed by atoms with E-state index in [0.29, 0.717) is 11.0 Å². The zero-order valence-corrected chi connectivity index (χ0v) is 23.7. The van der Waals surface area contributed by atoms with Crippen molar-refractivity contribution in [3.05, 3.63) is 142 Å². The Bertz CT molecular complexity index is 1760. The molecule has 7 rings (SSSR count). The topological polar surface area (TPSA) is 35.5 Å². The Morgan fingerprint density at radius 1 is 0.750 bits per heavy atom. The molecule has 0 aromatic heterocycles. The summed E-state index contributed by atoms with van der Waals surface area (Å²) in [5, 5.41) is 2.09. The minimum absolute atomic E-state index is 0.303. The fourth-order valence-corrected chi connectivity index (χ4v) is 6.03. The van der Waals surface area contributed by atoms with Gasteiger partial charge in [0.2, 0.25) is 0 Å². The van der Waals surface area contributed by atoms with Crippen LogP contribution in [0.4, 0.5) is 0 Å². The summed E-state index contributed by atoms with van der Waals surface area (Å²) in [5.41, 5.74) is 6.51. The van der Waals surface area contributed by atoms with Gasteiger partial charge in [-0.2, -0.15) is 0 Å². The van der Waals surface area contributed by atoms with E-state index in [9.17, 15) is 4.79 Å². The van der Waals surface area contributed by atoms with Gasteiger partial charge in [-0.3, -0.25) is 0 Å². The molecule has 5 aromatic carbocycles. The molecule has 200 valence electrons. The third kappa shape index (κ3) is 4.00. The maximum absolute atomic E-state index is 12.8. The second kappa shape index (κ2) is 9.67. The van der Waals surface area contributed by atoms with Gasteiger partial charge in [-0.25, -0.2) is 4.79 Å². The minimum atomic E-state index is -0.992. The van der Waals surface area contributed by atoms with Crippen LogP contribution in [0.3, 0.4) is 0 Å². The van der Waals surface area contributed by atoms with E-state index in [-0.39, 0.29) is 5.97 Å². The molecular formula is C37H34O3. The molecular weight excluding hydrogens is 492 g/mol. The number of hydrogen-bond donors (Lipinski definition) is 0. The highest BCUT2D eigenvalue weighted by molar-refractivity contribution is 5.98. The van der Waals surface area contributed by atoms with Gasteiger partial charge >= 0.3 is 5.97 Å². The molecule has 0 saturated heterocycles. The molecule has 5 aromatic rings. The van der Waals surface area contributed by atoms with Crippen LogP contribution in [-0.2, 0) is 15.8 Å². The Hall–Kier alpha value is -4.37. The normalized spacial score (nSPS) is 16.8. The third-order valence-corrected chi connectivity index (χ3v) is 8.52. The number of aryl methyl sites for hydroxylation is 2. The quantitative estimate of drug-likeness (QED) is 0.215. The van der Waals surface area contributed by atoms with Crippen LogP contribution < -0.4 is 4.74 Å². The monoisotopic (exact) mass is 526 g/mol. The number of rotatable bonds is 2. The number of carbonyl (C=O) groups is 1. The number of fused-ring (bicyclic) bond motifs is 8. The van der Waals surface area contributed by atoms with Crippen molar-refractivity contribution in [3.63, 3.8) is 0 Å². The molecule has 1 atom stereocenters. The number of ether oxygens (including phenoxy) is 2. The molecule has 0 radical (unpaired) electrons. The molecule has 0 saturated carbocycles. The standard InChI is InChI=1S/C25H16O3.C12H18/c1-15-10-12-20-22(14-15)27-23-17-7-3-2-6-16(17)11-13-21(23)25(20)19-9-5-4-8-18(19)24(26)28-25;1-5-12(3,4)11-9-7-6-8-10(11)2/h2-14H,1H3;6-9H,5H2,1-4H3. The van der Waals surface area contributed by atoms with E-state index in [1.165, 1.54) is 17.5 Å². The summed E-state index contributed by atoms with van der Waals surface area (Å²) in [5.74, 6) is 1.18. The van der Waals surface area contributed by atoms with Gasteiger partial charge in [-0.05, 0) is 66.0 Å². The van der Waals surface area contributed by atoms with Crippen LogP contribution in [0.25, 0.3) is 10.8 Å². The van der Waals surface area contributed by atoms with Crippen LogP contribution in [0.5, 0.6) is 11.5 Å². The lowest BCUT2D eigenvalue weighted by molar-refractivity contribution is 0.0225. The van der Waals surface area contributed by atoms with Crippen molar-refractivity contribution in [1.29, 1.82) is 0 Å². The molecule has 0 bridgehead atoms. The van der Waals surface area contributed by atoms with Gasteiger partial charge < -0.3 is 9.47 Å². The SMILES string of the molecule is CCC(C)(C)c1ccccc1C.Cc1ccc2c(c1)Oc1c(ccc3ccccc13)C21OC(=O)c2ccccc21. The molecule has 0 N–H and O–H groups in total. The van der Waals surface area contributed by atoms with Gasteiger partial charge in [-0.1, -0.05) is 106 Å². The van der Waals surface area contributed by atoms with Crippen LogP contribution in [0.15, 0.2) is 103 Å². The van der Waals surface area contributed by atoms with Crippen LogP contribution in [0.2, 0.25) is 0 Å². The average Bonchev–Trinajstić information content (AvgIpc) is 3.26. The number of hydrogen-bond acceptors (Lipinski definition) is 3. The number of carbonyl (C=O) groups excluding carboxylic acids is 1. The lowest BCUT2D eigenvalue weighted by atomic mass is 9.77. The van der Waals surface area contributed by atoms with Crippen LogP contribution in [0, 0.1) is 13.8 Å². The predicted molar refractivity (Wildman–Crippen MR) is 161 cm³/mol. The van der Waals surface area contributed by atoms with Crippen LogP contribution in [0.1, 0.15) is 70.9 Å². The molecule has 0 aliphatic carbocycles. The molecule has 2 aliphatic rings. The summed E-state index contributed by atoms with van der Waals surface area (Å²) < 4.78 is 12.6. The first-order chi connectivity index (χ1) is 19.3. The predicted octanol–water partition coefficient (Wildman–Crippen LogP) is 9.40. The summed E-state index contributed by atoms with van der Waals surface area (Å²) in [4.78, 5) is 12.8. The van der Waals surface area contributed by atoms with Gasteiger partial charge in [0.15, 0.2) is 5.60 Å². The van der Waals surface area contributed by atoms with Gasteiger partial charge in [-0.15, -0.1) is 0 Å². The molecule has 2 heterocycles. The molecule has 2 aliphatic heterocycles. The van der Waals surface area contributed by atoms with Gasteiger partial charge in [0.25, 0.3) is 0 Å². The van der Waals surface area contributed by atoms with E-state index >= 15 is 0 Å². The summed E-state index contributed by atoms with van der Waals surface area (Å²) >= 11 is 0. The zero-order valence-electron chi connectivity index (χ0n) is 23.7. The van der Waals surface area contributed by atoms with Gasteiger partial charge in [0.1, 0.15) is 11.5 Å². The molecule has 1 unspecified atom stereocenters. The highest BCUT2D eigenvalue weighted by atomic mass is 16.6. The molecule has 0 fully saturated rings. The first kappa shape index (κ1) is 25.9. The Morgan fingerprint density at radius 2 is 1.45 bits per heavy atom. The maximum atomic E-state index is 12.8. The maximum Gasteiger partial charge on any atom is 0.340 e. The highest BCUT2D eigenvalue weighted by Crippen LogP contribution is 2.57. The lowest BCUT2D eigenvalue weighted by Crippen LogP contribution is -2.33. The van der Waals surface area contributed by atoms with E-state index in [0.717, 1.165) is 44.5 Å². The van der Waals surface area contributed by atoms with Crippen molar-refractivity contribution in [2.75, 3.05) is 0 Å². The van der Waals surface area contributed by atoms with E-state index < -0.39 is 5.60 Å². The number of esters is 1. The van der Waals surface area contributed by atoms with E-state index in [1.807, 2.05) is 73.7 Å². The lowest BCUT2D eigenvalue weighted by Gasteiger charge is -2.37. The summed E-state index contributed by atoms with van der Waals surface area (Å²) in [6, 6.07) is 34.5. The van der Waals surface area contributed by atoms with Crippen molar-refractivity contribution in [2.45, 2.75) is 52.1 Å². The first-order valence-corrected chi connectivity index (χ1v) is 14.0. The zero-order chi connectivity index (χ0) is 28.1. The third-order valence-electron chi connectivity index (χ3n) is 8.52. The van der Waals surface area contributed by atoms with Gasteiger partial charge in [0, 0.05) is 22.1 Å². The van der Waals surface area contributed by atoms with Crippen LogP contribution in [-0.4, -0.2) is 5.97 Å². The summed E-state index contributed by atoms with van der Waals surface area (Å²) in [6.07, 6.45) is 1.19. The highest BCUT2D eigenvalue weighted by Gasteiger charge is 2.53. The van der Waals surface area contributed by atoms with E-state index in [1.54, 1.807) is 0 Å². The molecule has 0 amide bonds. The van der Waals surface area contributed by atoms with Crippen molar-refractivity contribution in [2.24, 2.45) is 0 Å². The smallest absolute Gasteiger partial charge is 0.340 e. The van der Waals surface area contributed by atoms with E-state index in [2.05, 4.69) is 64.1 Å². The Morgan fingerprint density at radius 3 is 2.25 bits per heavy atom. The second-order valence-electron chi connectivity index (χ2n) is 11.4. The minimum Gasteiger partial charge on any atom is -0.456 e. The fraction of sp³-hybridized carbons (Fsp3) is 0.216. The van der Waals surface area contributed by atoms with E-state index in [4.69, 9.17) is 9.47 Å². The van der Waals surface area contributed by atoms with Crippen molar-refractivity contribution in [1.82, 2.24) is 0 Å². The van der Waals surface area contributed by atoms with Crippen LogP contribution >= 0.6 is 0 Å². The Kier molecular flexibility index (Phi) is 6.26.